The molecular formula is C13H8F2N2OS. The molecule has 0 saturated heterocycles. The molecule has 19 heavy (non-hydrogen) atoms. The minimum Gasteiger partial charge on any atom is -0.254 e. The third kappa shape index (κ3) is 3.20. The van der Waals surface area contributed by atoms with E-state index in [0.717, 1.165) is 12.1 Å². The molecule has 2 rings (SSSR count). The Hall–Kier alpha value is -2.13. The normalized spacial score (nSPS) is 11.8. The van der Waals surface area contributed by atoms with Gasteiger partial charge in [-0.1, -0.05) is 0 Å². The van der Waals surface area contributed by atoms with Gasteiger partial charge in [0.05, 0.1) is 16.6 Å². The quantitative estimate of drug-likeness (QED) is 0.867. The first kappa shape index (κ1) is 13.3. The van der Waals surface area contributed by atoms with Gasteiger partial charge in [-0.3, -0.25) is 4.21 Å². The molecule has 1 aromatic carbocycles. The summed E-state index contributed by atoms with van der Waals surface area (Å²) in [6.07, 6.45) is 1.44. The molecule has 0 N–H and O–H groups in total. The van der Waals surface area contributed by atoms with Crippen molar-refractivity contribution in [3.63, 3.8) is 0 Å². The molecular weight excluding hydrogens is 270 g/mol. The van der Waals surface area contributed by atoms with E-state index < -0.39 is 22.4 Å². The molecule has 0 spiro atoms. The van der Waals surface area contributed by atoms with Crippen LogP contribution in [0.15, 0.2) is 41.4 Å². The first-order valence-corrected chi connectivity index (χ1v) is 6.60. The van der Waals surface area contributed by atoms with E-state index in [2.05, 4.69) is 4.98 Å². The molecule has 6 heteroatoms. The molecule has 1 aromatic heterocycles. The van der Waals surface area contributed by atoms with Gasteiger partial charge < -0.3 is 0 Å². The van der Waals surface area contributed by atoms with E-state index in [1.54, 1.807) is 6.07 Å². The van der Waals surface area contributed by atoms with Crippen LogP contribution >= 0.6 is 0 Å². The number of hydrogen-bond acceptors (Lipinski definition) is 3. The fraction of sp³-hybridized carbons (Fsp3) is 0.0769. The Balaban J connectivity index is 2.21. The average Bonchev–Trinajstić information content (AvgIpc) is 2.42. The molecule has 0 aliphatic carbocycles. The van der Waals surface area contributed by atoms with Crippen molar-refractivity contribution >= 4 is 10.8 Å². The molecule has 1 atom stereocenters. The van der Waals surface area contributed by atoms with Gasteiger partial charge in [0.1, 0.15) is 11.8 Å². The van der Waals surface area contributed by atoms with Gasteiger partial charge in [-0.05, 0) is 35.9 Å². The summed E-state index contributed by atoms with van der Waals surface area (Å²) in [6, 6.07) is 8.15. The van der Waals surface area contributed by atoms with Gasteiger partial charge in [-0.25, -0.2) is 13.8 Å². The standard InChI is InChI=1S/C13H8F2N2OS/c14-12-2-1-11(6-13(12)15)19(18)8-9-3-4-17-10(5-9)7-16/h1-6H,8H2. The Morgan fingerprint density at radius 1 is 1.21 bits per heavy atom. The summed E-state index contributed by atoms with van der Waals surface area (Å²) in [5.41, 5.74) is 0.870. The first-order valence-electron chi connectivity index (χ1n) is 5.28. The van der Waals surface area contributed by atoms with Gasteiger partial charge in [0.2, 0.25) is 0 Å². The number of nitrogens with zero attached hydrogens (tertiary/aromatic N) is 2. The first-order chi connectivity index (χ1) is 9.10. The van der Waals surface area contributed by atoms with Crippen LogP contribution < -0.4 is 0 Å². The zero-order valence-electron chi connectivity index (χ0n) is 9.64. The molecule has 2 aromatic rings. The highest BCUT2D eigenvalue weighted by Crippen LogP contribution is 2.15. The van der Waals surface area contributed by atoms with Crippen LogP contribution in [0.1, 0.15) is 11.3 Å². The number of benzene rings is 1. The van der Waals surface area contributed by atoms with Crippen LogP contribution in [0.3, 0.4) is 0 Å². The Morgan fingerprint density at radius 3 is 2.68 bits per heavy atom. The molecule has 0 bridgehead atoms. The van der Waals surface area contributed by atoms with Crippen molar-refractivity contribution in [1.29, 1.82) is 5.26 Å². The molecule has 0 fully saturated rings. The van der Waals surface area contributed by atoms with Crippen molar-refractivity contribution in [3.05, 3.63) is 59.4 Å². The summed E-state index contributed by atoms with van der Waals surface area (Å²) >= 11 is 0. The minimum absolute atomic E-state index is 0.113. The summed E-state index contributed by atoms with van der Waals surface area (Å²) in [4.78, 5) is 4.00. The van der Waals surface area contributed by atoms with Crippen LogP contribution in [-0.4, -0.2) is 9.19 Å². The molecule has 1 unspecified atom stereocenters. The summed E-state index contributed by atoms with van der Waals surface area (Å²) in [7, 11) is -1.51. The lowest BCUT2D eigenvalue weighted by molar-refractivity contribution is 0.505. The SMILES string of the molecule is N#Cc1cc(CS(=O)c2ccc(F)c(F)c2)ccn1. The van der Waals surface area contributed by atoms with E-state index >= 15 is 0 Å². The molecule has 3 nitrogen and oxygen atoms in total. The van der Waals surface area contributed by atoms with Gasteiger partial charge in [0.25, 0.3) is 0 Å². The van der Waals surface area contributed by atoms with Gasteiger partial charge in [0, 0.05) is 11.1 Å². The Morgan fingerprint density at radius 2 is 2.00 bits per heavy atom. The summed E-state index contributed by atoms with van der Waals surface area (Å²) in [5.74, 6) is -1.89. The maximum absolute atomic E-state index is 13.0. The molecule has 96 valence electrons. The highest BCUT2D eigenvalue weighted by Gasteiger charge is 2.09. The van der Waals surface area contributed by atoms with Gasteiger partial charge >= 0.3 is 0 Å². The highest BCUT2D eigenvalue weighted by atomic mass is 32.2. The fourth-order valence-corrected chi connectivity index (χ4v) is 2.58. The summed E-state index contributed by atoms with van der Waals surface area (Å²) < 4.78 is 37.8. The Bertz CT molecular complexity index is 683. The van der Waals surface area contributed by atoms with Crippen LogP contribution in [0, 0.1) is 23.0 Å². The third-order valence-corrected chi connectivity index (χ3v) is 3.77. The van der Waals surface area contributed by atoms with Crippen molar-refractivity contribution in [1.82, 2.24) is 4.98 Å². The van der Waals surface area contributed by atoms with E-state index in [4.69, 9.17) is 5.26 Å². The summed E-state index contributed by atoms with van der Waals surface area (Å²) in [5, 5.41) is 8.70. The molecule has 0 aliphatic rings. The molecule has 0 amide bonds. The van der Waals surface area contributed by atoms with Crippen molar-refractivity contribution in [3.8, 4) is 6.07 Å². The zero-order chi connectivity index (χ0) is 13.8. The number of pyridine rings is 1. The van der Waals surface area contributed by atoms with Crippen LogP contribution in [-0.2, 0) is 16.6 Å². The second kappa shape index (κ2) is 5.67. The van der Waals surface area contributed by atoms with E-state index in [-0.39, 0.29) is 16.3 Å². The van der Waals surface area contributed by atoms with E-state index in [9.17, 15) is 13.0 Å². The number of rotatable bonds is 3. The van der Waals surface area contributed by atoms with Crippen LogP contribution in [0.5, 0.6) is 0 Å². The van der Waals surface area contributed by atoms with Crippen molar-refractivity contribution in [2.75, 3.05) is 0 Å². The van der Waals surface area contributed by atoms with Crippen molar-refractivity contribution in [2.24, 2.45) is 0 Å². The summed E-state index contributed by atoms with van der Waals surface area (Å²) in [6.45, 7) is 0. The van der Waals surface area contributed by atoms with Crippen molar-refractivity contribution in [2.45, 2.75) is 10.6 Å². The van der Waals surface area contributed by atoms with Gasteiger partial charge in [-0.2, -0.15) is 5.26 Å². The van der Waals surface area contributed by atoms with Crippen molar-refractivity contribution < 1.29 is 13.0 Å². The van der Waals surface area contributed by atoms with Crippen LogP contribution in [0.4, 0.5) is 8.78 Å². The van der Waals surface area contributed by atoms with Gasteiger partial charge in [0.15, 0.2) is 11.6 Å². The molecule has 0 saturated carbocycles. The number of halogens is 2. The van der Waals surface area contributed by atoms with E-state index in [1.807, 2.05) is 6.07 Å². The van der Waals surface area contributed by atoms with Gasteiger partial charge in [-0.15, -0.1) is 0 Å². The molecule has 1 heterocycles. The predicted molar refractivity (Wildman–Crippen MR) is 65.4 cm³/mol. The minimum atomic E-state index is -1.51. The second-order valence-corrected chi connectivity index (χ2v) is 5.18. The maximum Gasteiger partial charge on any atom is 0.160 e. The molecule has 0 aliphatic heterocycles. The number of hydrogen-bond donors (Lipinski definition) is 0. The topological polar surface area (TPSA) is 53.8 Å². The average molecular weight is 278 g/mol. The third-order valence-electron chi connectivity index (χ3n) is 2.39. The number of aromatic nitrogens is 1. The number of nitriles is 1. The highest BCUT2D eigenvalue weighted by molar-refractivity contribution is 7.84. The lowest BCUT2D eigenvalue weighted by Crippen LogP contribution is -1.99. The van der Waals surface area contributed by atoms with Crippen LogP contribution in [0.2, 0.25) is 0 Å². The van der Waals surface area contributed by atoms with E-state index in [1.165, 1.54) is 18.3 Å². The lowest BCUT2D eigenvalue weighted by Gasteiger charge is -2.03. The molecule has 0 radical (unpaired) electrons. The predicted octanol–water partition coefficient (Wildman–Crippen LogP) is 2.54. The lowest BCUT2D eigenvalue weighted by atomic mass is 10.2. The smallest absolute Gasteiger partial charge is 0.160 e. The monoisotopic (exact) mass is 278 g/mol. The Kier molecular flexibility index (Phi) is 3.97. The van der Waals surface area contributed by atoms with Crippen LogP contribution in [0.25, 0.3) is 0 Å². The fourth-order valence-electron chi connectivity index (χ4n) is 1.48. The second-order valence-electron chi connectivity index (χ2n) is 3.73. The largest absolute Gasteiger partial charge is 0.254 e. The van der Waals surface area contributed by atoms with E-state index in [0.29, 0.717) is 5.56 Å². The maximum atomic E-state index is 13.0. The Labute approximate surface area is 111 Å². The zero-order valence-corrected chi connectivity index (χ0v) is 10.5.